The van der Waals surface area contributed by atoms with Gasteiger partial charge in [-0.15, -0.1) is 0 Å². The van der Waals surface area contributed by atoms with Gasteiger partial charge in [-0.1, -0.05) is 30.3 Å². The van der Waals surface area contributed by atoms with Gasteiger partial charge in [0.1, 0.15) is 5.69 Å². The third kappa shape index (κ3) is 2.84. The second-order valence-corrected chi connectivity index (χ2v) is 5.37. The van der Waals surface area contributed by atoms with E-state index >= 15 is 0 Å². The minimum atomic E-state index is -4.59. The number of aromatic amines is 1. The summed E-state index contributed by atoms with van der Waals surface area (Å²) >= 11 is 0. The Labute approximate surface area is 139 Å². The van der Waals surface area contributed by atoms with Crippen LogP contribution >= 0.6 is 0 Å². The van der Waals surface area contributed by atoms with Gasteiger partial charge in [-0.05, 0) is 17.7 Å². The first-order chi connectivity index (χ1) is 12.0. The van der Waals surface area contributed by atoms with E-state index in [9.17, 15) is 13.2 Å². The zero-order valence-electron chi connectivity index (χ0n) is 12.7. The summed E-state index contributed by atoms with van der Waals surface area (Å²) in [6, 6.07) is 13.0. The molecule has 0 aliphatic rings. The molecule has 0 atom stereocenters. The number of hydrogen-bond donors (Lipinski definition) is 1. The fourth-order valence-electron chi connectivity index (χ4n) is 2.54. The van der Waals surface area contributed by atoms with Crippen LogP contribution in [0.4, 0.5) is 13.2 Å². The van der Waals surface area contributed by atoms with E-state index in [-0.39, 0.29) is 11.5 Å². The molecule has 0 aliphatic heterocycles. The molecule has 0 fully saturated rings. The Morgan fingerprint density at radius 3 is 2.56 bits per heavy atom. The Balaban J connectivity index is 1.81. The molecule has 0 saturated heterocycles. The fourth-order valence-corrected chi connectivity index (χ4v) is 2.54. The SMILES string of the molecule is FC(F)(F)c1nc(-c2nn(Cc3ccccc3)c3ncccc23)n[nH]1. The Morgan fingerprint density at radius 1 is 1.04 bits per heavy atom. The third-order valence-corrected chi connectivity index (χ3v) is 3.65. The van der Waals surface area contributed by atoms with E-state index in [0.29, 0.717) is 17.6 Å². The number of fused-ring (bicyclic) bond motifs is 1. The van der Waals surface area contributed by atoms with Crippen LogP contribution in [0.2, 0.25) is 0 Å². The molecular formula is C16H11F3N6. The lowest BCUT2D eigenvalue weighted by atomic mass is 10.2. The molecule has 0 aliphatic carbocycles. The number of nitrogens with one attached hydrogen (secondary N) is 1. The number of pyridine rings is 1. The highest BCUT2D eigenvalue weighted by atomic mass is 19.4. The van der Waals surface area contributed by atoms with Crippen molar-refractivity contribution in [3.05, 3.63) is 60.0 Å². The molecule has 0 radical (unpaired) electrons. The van der Waals surface area contributed by atoms with Gasteiger partial charge in [0, 0.05) is 6.20 Å². The van der Waals surface area contributed by atoms with Crippen LogP contribution < -0.4 is 0 Å². The minimum absolute atomic E-state index is 0.114. The van der Waals surface area contributed by atoms with E-state index in [1.54, 1.807) is 23.0 Å². The number of nitrogens with zero attached hydrogens (tertiary/aromatic N) is 5. The summed E-state index contributed by atoms with van der Waals surface area (Å²) in [6.45, 7) is 0.435. The van der Waals surface area contributed by atoms with Crippen molar-refractivity contribution in [2.24, 2.45) is 0 Å². The van der Waals surface area contributed by atoms with E-state index < -0.39 is 12.0 Å². The number of alkyl halides is 3. The van der Waals surface area contributed by atoms with Gasteiger partial charge in [-0.25, -0.2) is 14.6 Å². The van der Waals surface area contributed by atoms with Crippen LogP contribution in [0.15, 0.2) is 48.7 Å². The molecule has 1 N–H and O–H groups in total. The first kappa shape index (κ1) is 15.3. The molecule has 4 aromatic rings. The Kier molecular flexibility index (Phi) is 3.48. The van der Waals surface area contributed by atoms with Crippen molar-refractivity contribution in [1.82, 2.24) is 29.9 Å². The van der Waals surface area contributed by atoms with Crippen molar-refractivity contribution in [2.45, 2.75) is 12.7 Å². The van der Waals surface area contributed by atoms with Gasteiger partial charge in [0.05, 0.1) is 11.9 Å². The molecule has 0 saturated carbocycles. The standard InChI is InChI=1S/C16H11F3N6/c17-16(18,19)15-21-13(22-23-15)12-11-7-4-8-20-14(11)25(24-12)9-10-5-2-1-3-6-10/h1-8H,9H2,(H,21,22,23). The lowest BCUT2D eigenvalue weighted by molar-refractivity contribution is -0.144. The summed E-state index contributed by atoms with van der Waals surface area (Å²) in [7, 11) is 0. The van der Waals surface area contributed by atoms with E-state index in [4.69, 9.17) is 0 Å². The van der Waals surface area contributed by atoms with Crippen molar-refractivity contribution in [3.8, 4) is 11.5 Å². The van der Waals surface area contributed by atoms with Crippen LogP contribution in [0.1, 0.15) is 11.4 Å². The topological polar surface area (TPSA) is 72.3 Å². The zero-order valence-corrected chi connectivity index (χ0v) is 12.7. The maximum atomic E-state index is 12.8. The average Bonchev–Trinajstić information content (AvgIpc) is 3.21. The number of hydrogen-bond acceptors (Lipinski definition) is 4. The lowest BCUT2D eigenvalue weighted by Crippen LogP contribution is -2.07. The van der Waals surface area contributed by atoms with Crippen LogP contribution in [-0.2, 0) is 12.7 Å². The molecule has 0 spiro atoms. The molecule has 9 heteroatoms. The van der Waals surface area contributed by atoms with Crippen molar-refractivity contribution in [2.75, 3.05) is 0 Å². The van der Waals surface area contributed by atoms with Gasteiger partial charge in [-0.3, -0.25) is 5.10 Å². The second kappa shape index (κ2) is 5.69. The molecule has 6 nitrogen and oxygen atoms in total. The monoisotopic (exact) mass is 344 g/mol. The molecule has 3 heterocycles. The highest BCUT2D eigenvalue weighted by molar-refractivity contribution is 5.89. The predicted octanol–water partition coefficient (Wildman–Crippen LogP) is 3.28. The highest BCUT2D eigenvalue weighted by Crippen LogP contribution is 2.29. The number of aromatic nitrogens is 6. The number of halogens is 3. The van der Waals surface area contributed by atoms with Crippen LogP contribution in [-0.4, -0.2) is 29.9 Å². The molecule has 126 valence electrons. The van der Waals surface area contributed by atoms with E-state index in [1.165, 1.54) is 0 Å². The summed E-state index contributed by atoms with van der Waals surface area (Å²) in [5.74, 6) is -1.27. The second-order valence-electron chi connectivity index (χ2n) is 5.37. The van der Waals surface area contributed by atoms with Gasteiger partial charge >= 0.3 is 6.18 Å². The van der Waals surface area contributed by atoms with E-state index in [0.717, 1.165) is 5.56 Å². The first-order valence-corrected chi connectivity index (χ1v) is 7.38. The summed E-state index contributed by atoms with van der Waals surface area (Å²) in [6.07, 6.45) is -2.99. The normalized spacial score (nSPS) is 12.0. The number of rotatable bonds is 3. The summed E-state index contributed by atoms with van der Waals surface area (Å²) in [4.78, 5) is 7.82. The first-order valence-electron chi connectivity index (χ1n) is 7.38. The van der Waals surface area contributed by atoms with Gasteiger partial charge in [-0.2, -0.15) is 23.4 Å². The van der Waals surface area contributed by atoms with Crippen LogP contribution in [0.5, 0.6) is 0 Å². The molecule has 4 rings (SSSR count). The highest BCUT2D eigenvalue weighted by Gasteiger charge is 2.35. The van der Waals surface area contributed by atoms with Crippen molar-refractivity contribution in [3.63, 3.8) is 0 Å². The lowest BCUT2D eigenvalue weighted by Gasteiger charge is -2.02. The Bertz CT molecular complexity index is 1020. The fraction of sp³-hybridized carbons (Fsp3) is 0.125. The predicted molar refractivity (Wildman–Crippen MR) is 83.5 cm³/mol. The maximum absolute atomic E-state index is 12.8. The largest absolute Gasteiger partial charge is 0.451 e. The maximum Gasteiger partial charge on any atom is 0.451 e. The average molecular weight is 344 g/mol. The molecule has 0 unspecified atom stereocenters. The van der Waals surface area contributed by atoms with E-state index in [1.807, 2.05) is 35.4 Å². The van der Waals surface area contributed by atoms with Crippen molar-refractivity contribution < 1.29 is 13.2 Å². The minimum Gasteiger partial charge on any atom is -0.255 e. The van der Waals surface area contributed by atoms with Crippen LogP contribution in [0.3, 0.4) is 0 Å². The van der Waals surface area contributed by atoms with E-state index in [2.05, 4.69) is 20.2 Å². The molecule has 0 amide bonds. The molecule has 3 aromatic heterocycles. The number of benzene rings is 1. The van der Waals surface area contributed by atoms with Crippen molar-refractivity contribution in [1.29, 1.82) is 0 Å². The van der Waals surface area contributed by atoms with Gasteiger partial charge in [0.25, 0.3) is 0 Å². The molecule has 25 heavy (non-hydrogen) atoms. The van der Waals surface area contributed by atoms with Crippen LogP contribution in [0.25, 0.3) is 22.6 Å². The summed E-state index contributed by atoms with van der Waals surface area (Å²) in [5, 5.41) is 10.6. The molecule has 0 bridgehead atoms. The van der Waals surface area contributed by atoms with Crippen molar-refractivity contribution >= 4 is 11.0 Å². The summed E-state index contributed by atoms with van der Waals surface area (Å²) < 4.78 is 39.9. The quantitative estimate of drug-likeness (QED) is 0.619. The van der Waals surface area contributed by atoms with Crippen LogP contribution in [0, 0.1) is 0 Å². The Morgan fingerprint density at radius 2 is 1.84 bits per heavy atom. The number of H-pyrrole nitrogens is 1. The smallest absolute Gasteiger partial charge is 0.255 e. The third-order valence-electron chi connectivity index (χ3n) is 3.65. The van der Waals surface area contributed by atoms with Gasteiger partial charge in [0.15, 0.2) is 5.65 Å². The Hall–Kier alpha value is -3.23. The molecular weight excluding hydrogens is 333 g/mol. The summed E-state index contributed by atoms with van der Waals surface area (Å²) in [5.41, 5.74) is 1.81. The molecule has 1 aromatic carbocycles. The van der Waals surface area contributed by atoms with Gasteiger partial charge < -0.3 is 0 Å². The zero-order chi connectivity index (χ0) is 17.4. The van der Waals surface area contributed by atoms with Gasteiger partial charge in [0.2, 0.25) is 11.6 Å².